The number of hydrogen-bond acceptors (Lipinski definition) is 5. The molecule has 0 bridgehead atoms. The molecular formula is C16H13N3O3. The van der Waals surface area contributed by atoms with Crippen LogP contribution in [0, 0.1) is 10.1 Å². The molecule has 110 valence electrons. The monoisotopic (exact) mass is 295 g/mol. The Kier molecular flexibility index (Phi) is 3.57. The lowest BCUT2D eigenvalue weighted by atomic mass is 10.1. The molecule has 0 fully saturated rings. The number of non-ortho nitro benzene ring substituents is 1. The van der Waals surface area contributed by atoms with E-state index in [1.54, 1.807) is 30.5 Å². The van der Waals surface area contributed by atoms with Crippen molar-refractivity contribution in [3.63, 3.8) is 0 Å². The van der Waals surface area contributed by atoms with Gasteiger partial charge in [-0.2, -0.15) is 0 Å². The van der Waals surface area contributed by atoms with Gasteiger partial charge in [0.2, 0.25) is 0 Å². The highest BCUT2D eigenvalue weighted by molar-refractivity contribution is 5.87. The molecule has 0 aliphatic rings. The third kappa shape index (κ3) is 2.67. The van der Waals surface area contributed by atoms with Gasteiger partial charge in [-0.15, -0.1) is 0 Å². The van der Waals surface area contributed by atoms with E-state index in [1.165, 1.54) is 12.1 Å². The predicted octanol–water partition coefficient (Wildman–Crippen LogP) is 3.46. The van der Waals surface area contributed by atoms with Gasteiger partial charge in [-0.25, -0.2) is 0 Å². The molecule has 1 heterocycles. The highest BCUT2D eigenvalue weighted by atomic mass is 16.6. The molecule has 0 atom stereocenters. The van der Waals surface area contributed by atoms with Crippen LogP contribution in [0.5, 0.6) is 5.75 Å². The van der Waals surface area contributed by atoms with Gasteiger partial charge in [-0.3, -0.25) is 15.1 Å². The number of nitro groups is 1. The number of fused-ring (bicyclic) bond motifs is 1. The van der Waals surface area contributed by atoms with Crippen LogP contribution in [0.25, 0.3) is 10.9 Å². The summed E-state index contributed by atoms with van der Waals surface area (Å²) >= 11 is 0. The molecule has 22 heavy (non-hydrogen) atoms. The molecule has 2 aromatic carbocycles. The van der Waals surface area contributed by atoms with E-state index in [0.29, 0.717) is 17.7 Å². The van der Waals surface area contributed by atoms with Gasteiger partial charge in [0.25, 0.3) is 5.69 Å². The van der Waals surface area contributed by atoms with Gasteiger partial charge in [-0.1, -0.05) is 18.2 Å². The van der Waals surface area contributed by atoms with Gasteiger partial charge in [0, 0.05) is 35.9 Å². The molecule has 0 aliphatic carbocycles. The number of phenolic OH excluding ortho intramolecular Hbond substituents is 1. The van der Waals surface area contributed by atoms with Crippen molar-refractivity contribution in [2.75, 3.05) is 5.32 Å². The Hall–Kier alpha value is -3.15. The van der Waals surface area contributed by atoms with Crippen molar-refractivity contribution in [1.82, 2.24) is 4.98 Å². The Morgan fingerprint density at radius 3 is 2.86 bits per heavy atom. The number of phenols is 1. The summed E-state index contributed by atoms with van der Waals surface area (Å²) in [6.45, 7) is 0.476. The second-order valence-corrected chi connectivity index (χ2v) is 4.80. The minimum Gasteiger partial charge on any atom is -0.506 e. The first-order valence-corrected chi connectivity index (χ1v) is 6.69. The van der Waals surface area contributed by atoms with Crippen molar-refractivity contribution >= 4 is 22.3 Å². The third-order valence-electron chi connectivity index (χ3n) is 3.38. The Balaban J connectivity index is 1.87. The second kappa shape index (κ2) is 5.69. The zero-order chi connectivity index (χ0) is 15.5. The molecule has 3 rings (SSSR count). The van der Waals surface area contributed by atoms with Crippen molar-refractivity contribution in [2.24, 2.45) is 0 Å². The number of pyridine rings is 1. The molecule has 0 amide bonds. The first-order valence-electron chi connectivity index (χ1n) is 6.69. The Morgan fingerprint density at radius 1 is 1.18 bits per heavy atom. The number of nitrogens with zero attached hydrogens (tertiary/aromatic N) is 2. The Morgan fingerprint density at radius 2 is 2.05 bits per heavy atom. The summed E-state index contributed by atoms with van der Waals surface area (Å²) in [6, 6.07) is 13.4. The van der Waals surface area contributed by atoms with Crippen molar-refractivity contribution in [3.8, 4) is 5.75 Å². The summed E-state index contributed by atoms with van der Waals surface area (Å²) in [6.07, 6.45) is 1.62. The number of hydrogen-bond donors (Lipinski definition) is 2. The highest BCUT2D eigenvalue weighted by Crippen LogP contribution is 2.26. The van der Waals surface area contributed by atoms with Crippen molar-refractivity contribution in [3.05, 3.63) is 70.4 Å². The number of nitro benzene ring substituents is 1. The minimum atomic E-state index is -0.426. The molecule has 2 N–H and O–H groups in total. The fourth-order valence-corrected chi connectivity index (χ4v) is 2.30. The van der Waals surface area contributed by atoms with Crippen LogP contribution < -0.4 is 5.32 Å². The molecule has 0 radical (unpaired) electrons. The molecule has 0 spiro atoms. The molecule has 3 aromatic rings. The van der Waals surface area contributed by atoms with E-state index in [0.717, 1.165) is 10.9 Å². The smallest absolute Gasteiger partial charge is 0.271 e. The lowest BCUT2D eigenvalue weighted by Crippen LogP contribution is -2.01. The number of rotatable bonds is 4. The van der Waals surface area contributed by atoms with Crippen molar-refractivity contribution < 1.29 is 10.0 Å². The van der Waals surface area contributed by atoms with Gasteiger partial charge in [-0.05, 0) is 23.8 Å². The second-order valence-electron chi connectivity index (χ2n) is 4.80. The fraction of sp³-hybridized carbons (Fsp3) is 0.0625. The largest absolute Gasteiger partial charge is 0.506 e. The van der Waals surface area contributed by atoms with Gasteiger partial charge in [0.15, 0.2) is 0 Å². The zero-order valence-electron chi connectivity index (χ0n) is 11.6. The van der Waals surface area contributed by atoms with E-state index < -0.39 is 4.92 Å². The highest BCUT2D eigenvalue weighted by Gasteiger charge is 2.08. The van der Waals surface area contributed by atoms with Crippen LogP contribution in [0.4, 0.5) is 11.4 Å². The quantitative estimate of drug-likeness (QED) is 0.568. The molecule has 0 aliphatic heterocycles. The Labute approximate surface area is 126 Å². The first-order chi connectivity index (χ1) is 10.6. The number of anilines is 1. The molecule has 0 saturated carbocycles. The summed E-state index contributed by atoms with van der Waals surface area (Å²) in [5.74, 6) is 0.134. The zero-order valence-corrected chi connectivity index (χ0v) is 11.6. The average Bonchev–Trinajstić information content (AvgIpc) is 2.55. The molecule has 6 nitrogen and oxygen atoms in total. The summed E-state index contributed by atoms with van der Waals surface area (Å²) in [5, 5.41) is 24.6. The topological polar surface area (TPSA) is 88.3 Å². The van der Waals surface area contributed by atoms with Crippen molar-refractivity contribution in [1.29, 1.82) is 0 Å². The van der Waals surface area contributed by atoms with Crippen LogP contribution >= 0.6 is 0 Å². The normalized spacial score (nSPS) is 10.5. The van der Waals surface area contributed by atoms with Crippen LogP contribution in [0.3, 0.4) is 0 Å². The van der Waals surface area contributed by atoms with Gasteiger partial charge in [0.05, 0.1) is 4.92 Å². The van der Waals surface area contributed by atoms with Gasteiger partial charge >= 0.3 is 0 Å². The SMILES string of the molecule is O=[N+]([O-])c1cccc(NCc2ccc(O)c3ncccc23)c1. The van der Waals surface area contributed by atoms with Crippen molar-refractivity contribution in [2.45, 2.75) is 6.54 Å². The van der Waals surface area contributed by atoms with E-state index in [2.05, 4.69) is 10.3 Å². The lowest BCUT2D eigenvalue weighted by molar-refractivity contribution is -0.384. The van der Waals surface area contributed by atoms with Crippen LogP contribution in [0.1, 0.15) is 5.56 Å². The predicted molar refractivity (Wildman–Crippen MR) is 83.8 cm³/mol. The maximum Gasteiger partial charge on any atom is 0.271 e. The number of aromatic nitrogens is 1. The van der Waals surface area contributed by atoms with Gasteiger partial charge < -0.3 is 10.4 Å². The number of aromatic hydroxyl groups is 1. The van der Waals surface area contributed by atoms with Crippen LogP contribution in [0.15, 0.2) is 54.7 Å². The number of nitrogens with one attached hydrogen (secondary N) is 1. The Bertz CT molecular complexity index is 849. The third-order valence-corrected chi connectivity index (χ3v) is 3.38. The van der Waals surface area contributed by atoms with E-state index in [4.69, 9.17) is 0 Å². The molecule has 0 unspecified atom stereocenters. The average molecular weight is 295 g/mol. The summed E-state index contributed by atoms with van der Waals surface area (Å²) < 4.78 is 0. The van der Waals surface area contributed by atoms with Crippen LogP contribution in [-0.2, 0) is 6.54 Å². The van der Waals surface area contributed by atoms with E-state index in [-0.39, 0.29) is 11.4 Å². The maximum absolute atomic E-state index is 10.8. The maximum atomic E-state index is 10.8. The summed E-state index contributed by atoms with van der Waals surface area (Å²) in [5.41, 5.74) is 2.20. The lowest BCUT2D eigenvalue weighted by Gasteiger charge is -2.10. The van der Waals surface area contributed by atoms with Crippen LogP contribution in [0.2, 0.25) is 0 Å². The van der Waals surface area contributed by atoms with E-state index >= 15 is 0 Å². The van der Waals surface area contributed by atoms with E-state index in [9.17, 15) is 15.2 Å². The molecular weight excluding hydrogens is 282 g/mol. The molecule has 1 aromatic heterocycles. The standard InChI is InChI=1S/C16H13N3O3/c20-15-7-6-11(14-5-2-8-17-16(14)15)10-18-12-3-1-4-13(9-12)19(21)22/h1-9,18,20H,10H2. The summed E-state index contributed by atoms with van der Waals surface area (Å²) in [4.78, 5) is 14.5. The van der Waals surface area contributed by atoms with Gasteiger partial charge in [0.1, 0.15) is 11.3 Å². The number of benzene rings is 2. The fourth-order valence-electron chi connectivity index (χ4n) is 2.30. The summed E-state index contributed by atoms with van der Waals surface area (Å²) in [7, 11) is 0. The minimum absolute atomic E-state index is 0.0437. The molecule has 6 heteroatoms. The van der Waals surface area contributed by atoms with E-state index in [1.807, 2.05) is 12.1 Å². The van der Waals surface area contributed by atoms with Crippen LogP contribution in [-0.4, -0.2) is 15.0 Å². The molecule has 0 saturated heterocycles. The first kappa shape index (κ1) is 13.8.